The van der Waals surface area contributed by atoms with Crippen LogP contribution in [0.15, 0.2) is 103 Å². The minimum absolute atomic E-state index is 0.209. The molecule has 242 valence electrons. The molecule has 0 aliphatic rings. The third-order valence-electron chi connectivity index (χ3n) is 9.02. The first kappa shape index (κ1) is 31.3. The van der Waals surface area contributed by atoms with Gasteiger partial charge in [-0.2, -0.15) is 5.10 Å². The van der Waals surface area contributed by atoms with Crippen LogP contribution in [0.1, 0.15) is 49.7 Å². The average molecular weight is 635 g/mol. The Bertz CT molecular complexity index is 2270. The fraction of sp³-hybridized carbons (Fsp3) is 0.238. The van der Waals surface area contributed by atoms with Crippen molar-refractivity contribution in [2.75, 3.05) is 7.11 Å². The van der Waals surface area contributed by atoms with Crippen LogP contribution in [-0.4, -0.2) is 26.4 Å². The van der Waals surface area contributed by atoms with E-state index in [0.717, 1.165) is 85.9 Å². The number of benzene rings is 4. The second kappa shape index (κ2) is 12.3. The van der Waals surface area contributed by atoms with Gasteiger partial charge in [0.05, 0.1) is 29.5 Å². The smallest absolute Gasteiger partial charge is 0.137 e. The van der Waals surface area contributed by atoms with E-state index < -0.39 is 0 Å². The third kappa shape index (κ3) is 6.06. The van der Waals surface area contributed by atoms with Crippen LogP contribution in [-0.2, 0) is 6.42 Å². The highest BCUT2D eigenvalue weighted by molar-refractivity contribution is 6.10. The molecule has 0 fully saturated rings. The fourth-order valence-corrected chi connectivity index (χ4v) is 6.60. The van der Waals surface area contributed by atoms with Crippen molar-refractivity contribution in [2.45, 2.75) is 54.4 Å². The van der Waals surface area contributed by atoms with Crippen LogP contribution in [0.3, 0.4) is 0 Å². The van der Waals surface area contributed by atoms with E-state index in [4.69, 9.17) is 19.6 Å². The van der Waals surface area contributed by atoms with E-state index in [1.807, 2.05) is 30.5 Å². The Morgan fingerprint density at radius 2 is 1.52 bits per heavy atom. The number of rotatable bonds is 8. The Balaban J connectivity index is 1.34. The monoisotopic (exact) mass is 634 g/mol. The van der Waals surface area contributed by atoms with Crippen molar-refractivity contribution in [2.24, 2.45) is 5.41 Å². The molecule has 6 heteroatoms. The van der Waals surface area contributed by atoms with Crippen LogP contribution in [0.5, 0.6) is 17.2 Å². The first-order valence-electron chi connectivity index (χ1n) is 16.6. The molecule has 0 unspecified atom stereocenters. The molecule has 3 heterocycles. The van der Waals surface area contributed by atoms with Crippen LogP contribution < -0.4 is 9.47 Å². The summed E-state index contributed by atoms with van der Waals surface area (Å²) < 4.78 is 16.6. The van der Waals surface area contributed by atoms with Crippen molar-refractivity contribution < 1.29 is 9.47 Å². The number of methoxy groups -OCH3 is 1. The zero-order chi connectivity index (χ0) is 33.6. The van der Waals surface area contributed by atoms with E-state index in [-0.39, 0.29) is 5.41 Å². The Kier molecular flexibility index (Phi) is 8.04. The van der Waals surface area contributed by atoms with Gasteiger partial charge in [-0.3, -0.25) is 4.57 Å². The van der Waals surface area contributed by atoms with Crippen molar-refractivity contribution in [1.29, 1.82) is 0 Å². The fourth-order valence-electron chi connectivity index (χ4n) is 6.60. The molecule has 7 aromatic rings. The predicted octanol–water partition coefficient (Wildman–Crippen LogP) is 10.7. The Morgan fingerprint density at radius 3 is 2.27 bits per heavy atom. The molecule has 0 saturated carbocycles. The summed E-state index contributed by atoms with van der Waals surface area (Å²) in [6, 6.07) is 33.6. The molecule has 0 N–H and O–H groups in total. The van der Waals surface area contributed by atoms with Crippen molar-refractivity contribution in [3.8, 4) is 39.9 Å². The molecular formula is C42H42N4O2. The number of pyridine rings is 1. The van der Waals surface area contributed by atoms with E-state index in [9.17, 15) is 0 Å². The first-order valence-corrected chi connectivity index (χ1v) is 16.6. The first-order chi connectivity index (χ1) is 23.1. The molecule has 48 heavy (non-hydrogen) atoms. The van der Waals surface area contributed by atoms with Crippen LogP contribution in [0.4, 0.5) is 0 Å². The molecule has 0 radical (unpaired) electrons. The SMILES string of the molecule is COc1ccc2c(c1)c1ccc(Oc3cc(CCC(C)(C)C)cc(-n4nc(C)c(-c5ccccc5)c4C)c3)cc1n2-c1cc(C)ccn1. The Hall–Kier alpha value is -5.36. The number of aromatic nitrogens is 4. The second-order valence-electron chi connectivity index (χ2n) is 13.9. The van der Waals surface area contributed by atoms with Gasteiger partial charge in [-0.15, -0.1) is 0 Å². The molecule has 0 bridgehead atoms. The number of nitrogens with zero attached hydrogens (tertiary/aromatic N) is 4. The summed E-state index contributed by atoms with van der Waals surface area (Å²) in [7, 11) is 1.70. The molecule has 4 aromatic carbocycles. The summed E-state index contributed by atoms with van der Waals surface area (Å²) >= 11 is 0. The summed E-state index contributed by atoms with van der Waals surface area (Å²) in [5.74, 6) is 3.21. The van der Waals surface area contributed by atoms with Gasteiger partial charge in [0.2, 0.25) is 0 Å². The lowest BCUT2D eigenvalue weighted by molar-refractivity contribution is 0.378. The third-order valence-corrected chi connectivity index (χ3v) is 9.02. The van der Waals surface area contributed by atoms with Gasteiger partial charge in [0, 0.05) is 40.4 Å². The summed E-state index contributed by atoms with van der Waals surface area (Å²) in [4.78, 5) is 4.76. The molecular weight excluding hydrogens is 592 g/mol. The summed E-state index contributed by atoms with van der Waals surface area (Å²) in [5.41, 5.74) is 10.1. The highest BCUT2D eigenvalue weighted by Crippen LogP contribution is 2.38. The van der Waals surface area contributed by atoms with Crippen LogP contribution in [0.25, 0.3) is 44.4 Å². The van der Waals surface area contributed by atoms with Crippen molar-refractivity contribution in [3.05, 3.63) is 126 Å². The van der Waals surface area contributed by atoms with E-state index >= 15 is 0 Å². The Labute approximate surface area is 282 Å². The number of ether oxygens (including phenoxy) is 2. The number of fused-ring (bicyclic) bond motifs is 3. The second-order valence-corrected chi connectivity index (χ2v) is 13.9. The zero-order valence-corrected chi connectivity index (χ0v) is 28.8. The van der Waals surface area contributed by atoms with E-state index in [1.54, 1.807) is 7.11 Å². The summed E-state index contributed by atoms with van der Waals surface area (Å²) in [6.45, 7) is 13.2. The predicted molar refractivity (Wildman–Crippen MR) is 196 cm³/mol. The normalized spacial score (nSPS) is 11.8. The standard InChI is InChI=1S/C42H42N4O2/c1-27-18-20-43-40(21-27)45-38-16-14-33(47-7)25-37(38)36-15-13-34(26-39(36)45)48-35-23-30(17-19-42(4,5)6)22-32(24-35)46-29(3)41(28(2)44-46)31-11-9-8-10-12-31/h8-16,18,20-26H,17,19H2,1-7H3. The van der Waals surface area contributed by atoms with Crippen molar-refractivity contribution in [1.82, 2.24) is 19.3 Å². The number of hydrogen-bond donors (Lipinski definition) is 0. The summed E-state index contributed by atoms with van der Waals surface area (Å²) in [5, 5.41) is 7.24. The van der Waals surface area contributed by atoms with Gasteiger partial charge >= 0.3 is 0 Å². The molecule has 0 amide bonds. The van der Waals surface area contributed by atoms with Crippen LogP contribution in [0, 0.1) is 26.2 Å². The minimum Gasteiger partial charge on any atom is -0.497 e. The maximum absolute atomic E-state index is 6.74. The van der Waals surface area contributed by atoms with Gasteiger partial charge in [-0.25, -0.2) is 9.67 Å². The highest BCUT2D eigenvalue weighted by Gasteiger charge is 2.19. The van der Waals surface area contributed by atoms with Gasteiger partial charge in [0.1, 0.15) is 23.1 Å². The maximum atomic E-state index is 6.74. The maximum Gasteiger partial charge on any atom is 0.137 e. The zero-order valence-electron chi connectivity index (χ0n) is 28.8. The minimum atomic E-state index is 0.209. The average Bonchev–Trinajstić information content (AvgIpc) is 3.55. The molecule has 0 aliphatic heterocycles. The molecule has 6 nitrogen and oxygen atoms in total. The van der Waals surface area contributed by atoms with Crippen molar-refractivity contribution in [3.63, 3.8) is 0 Å². The molecule has 0 atom stereocenters. The van der Waals surface area contributed by atoms with E-state index in [0.29, 0.717) is 0 Å². The Morgan fingerprint density at radius 1 is 0.729 bits per heavy atom. The lowest BCUT2D eigenvalue weighted by Crippen LogP contribution is -2.07. The van der Waals surface area contributed by atoms with E-state index in [1.165, 1.54) is 11.1 Å². The van der Waals surface area contributed by atoms with Gasteiger partial charge in [0.25, 0.3) is 0 Å². The number of aryl methyl sites for hydroxylation is 3. The quantitative estimate of drug-likeness (QED) is 0.167. The lowest BCUT2D eigenvalue weighted by Gasteiger charge is -2.19. The largest absolute Gasteiger partial charge is 0.497 e. The highest BCUT2D eigenvalue weighted by atomic mass is 16.5. The van der Waals surface area contributed by atoms with E-state index in [2.05, 4.69) is 124 Å². The van der Waals surface area contributed by atoms with Gasteiger partial charge in [-0.1, -0.05) is 51.1 Å². The molecule has 7 rings (SSSR count). The van der Waals surface area contributed by atoms with Crippen LogP contribution in [0.2, 0.25) is 0 Å². The molecule has 3 aromatic heterocycles. The van der Waals surface area contributed by atoms with Gasteiger partial charge in [0.15, 0.2) is 0 Å². The van der Waals surface area contributed by atoms with Gasteiger partial charge in [-0.05, 0) is 110 Å². The molecule has 0 spiro atoms. The van der Waals surface area contributed by atoms with Crippen LogP contribution >= 0.6 is 0 Å². The molecule has 0 aliphatic carbocycles. The lowest BCUT2D eigenvalue weighted by atomic mass is 9.88. The number of hydrogen-bond acceptors (Lipinski definition) is 4. The van der Waals surface area contributed by atoms with Crippen molar-refractivity contribution >= 4 is 21.8 Å². The van der Waals surface area contributed by atoms with Gasteiger partial charge < -0.3 is 9.47 Å². The summed E-state index contributed by atoms with van der Waals surface area (Å²) in [6.07, 6.45) is 3.85. The topological polar surface area (TPSA) is 54.1 Å². The molecule has 0 saturated heterocycles.